The van der Waals surface area contributed by atoms with E-state index in [9.17, 15) is 53.4 Å². The summed E-state index contributed by atoms with van der Waals surface area (Å²) in [5.74, 6) is 7.77. The van der Waals surface area contributed by atoms with Crippen LogP contribution in [0.15, 0.2) is 0 Å². The minimum atomic E-state index is -0.593. The molecule has 22 fully saturated rings. The van der Waals surface area contributed by atoms with Crippen molar-refractivity contribution in [1.29, 1.82) is 0 Å². The van der Waals surface area contributed by atoms with Gasteiger partial charge >= 0.3 is 53.7 Å². The first-order valence-electron chi connectivity index (χ1n) is 46.5. The fourth-order valence-electron chi connectivity index (χ4n) is 27.8. The van der Waals surface area contributed by atoms with Crippen LogP contribution in [0.3, 0.4) is 0 Å². The summed E-state index contributed by atoms with van der Waals surface area (Å²) in [7, 11) is 1.31. The van der Waals surface area contributed by atoms with Crippen molar-refractivity contribution < 1.29 is 101 Å². The third-order valence-electron chi connectivity index (χ3n) is 35.1. The van der Waals surface area contributed by atoms with Gasteiger partial charge in [0.25, 0.3) is 0 Å². The van der Waals surface area contributed by atoms with Crippen molar-refractivity contribution in [3.8, 4) is 0 Å². The first-order valence-corrected chi connectivity index (χ1v) is 46.5. The van der Waals surface area contributed by atoms with E-state index in [1.54, 1.807) is 0 Å². The molecule has 4 saturated heterocycles. The molecule has 4 heterocycles. The van der Waals surface area contributed by atoms with Gasteiger partial charge in [-0.05, 0) is 312 Å². The van der Waals surface area contributed by atoms with E-state index < -0.39 is 58.1 Å². The molecule has 18 aliphatic carbocycles. The lowest BCUT2D eigenvalue weighted by atomic mass is 9.50. The smallest absolute Gasteiger partial charge is 0.312 e. The van der Waals surface area contributed by atoms with E-state index in [4.69, 9.17) is 47.4 Å². The minimum absolute atomic E-state index is 0. The van der Waals surface area contributed by atoms with Crippen LogP contribution >= 0.6 is 0 Å². The summed E-state index contributed by atoms with van der Waals surface area (Å²) in [6.07, 6.45) is 29.9. The van der Waals surface area contributed by atoms with E-state index in [1.165, 1.54) is 84.2 Å². The van der Waals surface area contributed by atoms with Crippen molar-refractivity contribution in [1.82, 2.24) is 0 Å². The molecule has 25 unspecified atom stereocenters. The van der Waals surface area contributed by atoms with Gasteiger partial charge in [-0.1, -0.05) is 158 Å². The molecule has 22 rings (SSSR count). The van der Waals surface area contributed by atoms with Crippen molar-refractivity contribution in [2.45, 2.75) is 476 Å². The van der Waals surface area contributed by atoms with Crippen molar-refractivity contribution in [3.05, 3.63) is 0 Å². The van der Waals surface area contributed by atoms with E-state index in [0.29, 0.717) is 73.5 Å². The maximum absolute atomic E-state index is 12.5. The van der Waals surface area contributed by atoms with Gasteiger partial charge in [0.05, 0.1) is 76.2 Å². The molecule has 22 aliphatic rings. The van der Waals surface area contributed by atoms with Crippen LogP contribution in [0.1, 0.15) is 406 Å². The fraction of sp³-hybridized carbons (Fsp3) is 0.916. The topological polar surface area (TPSA) is 286 Å². The van der Waals surface area contributed by atoms with E-state index in [2.05, 4.69) is 27.7 Å². The highest BCUT2D eigenvalue weighted by Gasteiger charge is 2.72. The summed E-state index contributed by atoms with van der Waals surface area (Å²) in [4.78, 5) is 109. The van der Waals surface area contributed by atoms with Gasteiger partial charge in [-0.15, -0.1) is 0 Å². The maximum atomic E-state index is 12.5. The van der Waals surface area contributed by atoms with Crippen molar-refractivity contribution in [2.24, 2.45) is 146 Å². The predicted molar refractivity (Wildman–Crippen MR) is 510 cm³/mol. The molecule has 21 nitrogen and oxygen atoms in total. The average Bonchev–Trinajstić information content (AvgIpc) is 1.15. The Bertz CT molecular complexity index is 3630. The molecule has 748 valence electrons. The maximum Gasteiger partial charge on any atom is 0.312 e. The van der Waals surface area contributed by atoms with E-state index >= 15 is 0 Å². The van der Waals surface area contributed by atoms with Gasteiger partial charge in [0.15, 0.2) is 12.2 Å². The van der Waals surface area contributed by atoms with Gasteiger partial charge in [-0.25, -0.2) is 0 Å². The number of carbonyl (C=O) groups excluding carboxylic acids is 9. The summed E-state index contributed by atoms with van der Waals surface area (Å²) in [5, 5.41) is 21.2. The zero-order chi connectivity index (χ0) is 83.9. The lowest BCUT2D eigenvalue weighted by Crippen LogP contribution is -2.61. The Morgan fingerprint density at radius 1 is 0.438 bits per heavy atom. The Hall–Kier alpha value is -4.89. The fourth-order valence-corrected chi connectivity index (χ4v) is 27.8. The second-order valence-electron chi connectivity index (χ2n) is 43.9. The molecule has 0 amide bonds. The molecule has 128 heavy (non-hydrogen) atoms. The minimum Gasteiger partial charge on any atom is -0.469 e. The molecule has 20 bridgehead atoms. The number of rotatable bonds is 20. The van der Waals surface area contributed by atoms with Crippen LogP contribution < -0.4 is 0 Å². The lowest BCUT2D eigenvalue weighted by Gasteiger charge is -2.59. The second kappa shape index (κ2) is 44.3. The molecular formula is C107H194O21. The van der Waals surface area contributed by atoms with E-state index in [0.717, 1.165) is 131 Å². The number of methoxy groups -OCH3 is 1. The van der Waals surface area contributed by atoms with Crippen LogP contribution in [0.5, 0.6) is 0 Å². The van der Waals surface area contributed by atoms with Crippen LogP contribution in [0.4, 0.5) is 0 Å². The molecule has 2 N–H and O–H groups in total. The van der Waals surface area contributed by atoms with Crippen LogP contribution in [-0.2, 0) is 90.5 Å². The van der Waals surface area contributed by atoms with Gasteiger partial charge in [-0.3, -0.25) is 43.2 Å². The highest BCUT2D eigenvalue weighted by atomic mass is 16.7. The Kier molecular flexibility index (Phi) is 41.2. The van der Waals surface area contributed by atoms with Gasteiger partial charge in [0.2, 0.25) is 0 Å². The van der Waals surface area contributed by atoms with Crippen LogP contribution in [0.25, 0.3) is 0 Å². The van der Waals surface area contributed by atoms with Crippen LogP contribution in [0.2, 0.25) is 0 Å². The summed E-state index contributed by atoms with van der Waals surface area (Å²) >= 11 is 0. The average molecular weight is 1820 g/mol. The number of hydrogen-bond donors (Lipinski definition) is 2. The molecular weight excluding hydrogens is 1620 g/mol. The van der Waals surface area contributed by atoms with Crippen LogP contribution in [-0.4, -0.2) is 141 Å². The highest BCUT2D eigenvalue weighted by molar-refractivity contribution is 5.87. The zero-order valence-corrected chi connectivity index (χ0v) is 73.7. The Morgan fingerprint density at radius 2 is 0.867 bits per heavy atom. The molecule has 0 spiro atoms. The van der Waals surface area contributed by atoms with Crippen molar-refractivity contribution in [2.75, 3.05) is 7.11 Å². The summed E-state index contributed by atoms with van der Waals surface area (Å²) < 4.78 is 56.4. The quantitative estimate of drug-likeness (QED) is 0.0650. The molecule has 21 heteroatoms. The van der Waals surface area contributed by atoms with Crippen LogP contribution in [0, 0.1) is 146 Å². The Balaban J connectivity index is 0.000000511. The second-order valence-corrected chi connectivity index (χ2v) is 43.9. The number of esters is 9. The summed E-state index contributed by atoms with van der Waals surface area (Å²) in [6, 6.07) is 0. The lowest BCUT2D eigenvalue weighted by molar-refractivity contribution is -0.225. The van der Waals surface area contributed by atoms with E-state index in [1.807, 2.05) is 90.0 Å². The van der Waals surface area contributed by atoms with Gasteiger partial charge in [0.1, 0.15) is 40.7 Å². The summed E-state index contributed by atoms with van der Waals surface area (Å²) in [5.41, 5.74) is -3.40. The molecule has 0 aromatic carbocycles. The Morgan fingerprint density at radius 3 is 1.32 bits per heavy atom. The third-order valence-corrected chi connectivity index (χ3v) is 35.1. The number of fused-ring (bicyclic) bond motifs is 11. The van der Waals surface area contributed by atoms with E-state index in [-0.39, 0.29) is 219 Å². The largest absolute Gasteiger partial charge is 0.469 e. The molecule has 18 saturated carbocycles. The number of carbonyl (C=O) groups is 9. The molecule has 0 aromatic heterocycles. The Labute approximate surface area is 780 Å². The summed E-state index contributed by atoms with van der Waals surface area (Å²) in [6.45, 7) is 33.9. The molecule has 0 radical (unpaired) electrons. The predicted octanol–water partition coefficient (Wildman–Crippen LogP) is 23.9. The van der Waals surface area contributed by atoms with Gasteiger partial charge in [-0.2, -0.15) is 0 Å². The monoisotopic (exact) mass is 1820 g/mol. The number of hydrogen-bond acceptors (Lipinski definition) is 21. The molecule has 0 aromatic rings. The zero-order valence-electron chi connectivity index (χ0n) is 73.7. The number of ether oxygens (including phenoxy) is 10. The van der Waals surface area contributed by atoms with Crippen molar-refractivity contribution >= 4 is 53.7 Å². The standard InChI is InChI=1S/C19H30O2.C17H28O2.C16H22O6.C16H26O3.C15H24O3.C12H16O5.12CH4/c1-4-11(3)18(20)21-19(5-2)10-14-9-15(19)17-13-7-6-12(8-13)16(14)17;1-5-16(2,3)15(18)19-17(4)13-7-11-6-12(9-13)10-14(17)8-11;1-5-16(2,3)15(19)22-12-7-6-8-10(9(7)13(17)20-4)14(18)21-11(8)12;1-4-14(2,3)13(17)19-16-8-11-5-12(9-16)7-15(18,6-11)10-16;1-3-10(2)13(16)18-15-7-11-4-12(8-15)6-14(17,5-11)9-15;1-3-5(2)11(13)16-9-7-4-6-8(15-7)10(9)17-12(6)14;;;;;;;;;;;;/h11-17H,4-10H2,1-3H3;11-14H,5-10H2,1-4H3;7-12H,5-6H2,1-4H3;11-12,18H,4-10H2,1-3H3;10-12,17H,3-9H2,1-2H3;5-10H,3-4H2,1-2H3;12*1H4. The normalized spacial score (nSPS) is 40.7. The first kappa shape index (κ1) is 119. The van der Waals surface area contributed by atoms with Gasteiger partial charge in [0, 0.05) is 30.6 Å². The SMILES string of the molecule is C.C.C.C.C.C.C.C.C.C.C.C.CCC(C)(C)C(=O)OC1(C)C2CC3CC(C2)CC1C3.CCC(C)(C)C(=O)OC12CC3CC(CC(O)(C3)C1)C2.CCC(C)(C)C(=O)OC1C2CC3C1OC(=O)C3C2C(=O)OC.CCC(C)C(=O)OC1(CC)CC2CC1C1C3CCC(C3)C21.CCC(C)C(=O)OC12CC3CC(CC(O)(C3)C1)C2.CCC(C)C(=O)OC1C2CC3C(=O)OC1C3O2. The molecule has 25 atom stereocenters. The highest BCUT2D eigenvalue weighted by Crippen LogP contribution is 2.72. The molecule has 4 aliphatic heterocycles. The number of aliphatic hydroxyl groups is 2. The van der Waals surface area contributed by atoms with Crippen molar-refractivity contribution in [3.63, 3.8) is 0 Å². The first-order chi connectivity index (χ1) is 54.6. The van der Waals surface area contributed by atoms with Gasteiger partial charge < -0.3 is 57.6 Å². The third kappa shape index (κ3) is 22.1.